The third-order valence-corrected chi connectivity index (χ3v) is 4.74. The number of carbonyl (C=O) groups excluding carboxylic acids is 1. The lowest BCUT2D eigenvalue weighted by Crippen LogP contribution is -2.43. The SMILES string of the molecule is C[C@H]1c2nc(-c3ccccc3)nn2CCN1C(=O)c1cccn(C)c1=O. The van der Waals surface area contributed by atoms with E-state index in [0.29, 0.717) is 18.9 Å². The van der Waals surface area contributed by atoms with Gasteiger partial charge >= 0.3 is 0 Å². The molecule has 0 saturated carbocycles. The molecule has 0 fully saturated rings. The van der Waals surface area contributed by atoms with Crippen LogP contribution in [0.1, 0.15) is 29.1 Å². The lowest BCUT2D eigenvalue weighted by atomic mass is 10.1. The van der Waals surface area contributed by atoms with E-state index in [0.717, 1.165) is 11.4 Å². The Labute approximate surface area is 150 Å². The number of aryl methyl sites for hydroxylation is 1. The van der Waals surface area contributed by atoms with Crippen LogP contribution in [0.25, 0.3) is 11.4 Å². The fourth-order valence-corrected chi connectivity index (χ4v) is 3.27. The molecule has 0 radical (unpaired) electrons. The second-order valence-corrected chi connectivity index (χ2v) is 6.40. The molecule has 1 aliphatic heterocycles. The van der Waals surface area contributed by atoms with Gasteiger partial charge in [0.1, 0.15) is 11.4 Å². The molecule has 0 saturated heterocycles. The van der Waals surface area contributed by atoms with Crippen molar-refractivity contribution >= 4 is 5.91 Å². The number of carbonyl (C=O) groups is 1. The summed E-state index contributed by atoms with van der Waals surface area (Å²) in [6, 6.07) is 12.8. The van der Waals surface area contributed by atoms with Crippen LogP contribution in [0.5, 0.6) is 0 Å². The monoisotopic (exact) mass is 349 g/mol. The molecule has 132 valence electrons. The maximum absolute atomic E-state index is 12.9. The van der Waals surface area contributed by atoms with Gasteiger partial charge in [-0.05, 0) is 19.1 Å². The van der Waals surface area contributed by atoms with Crippen LogP contribution >= 0.6 is 0 Å². The van der Waals surface area contributed by atoms with Gasteiger partial charge in [-0.1, -0.05) is 30.3 Å². The smallest absolute Gasteiger partial charge is 0.263 e. The minimum absolute atomic E-state index is 0.179. The highest BCUT2D eigenvalue weighted by atomic mass is 16.2. The predicted octanol–water partition coefficient (Wildman–Crippen LogP) is 1.86. The number of amides is 1. The molecular weight excluding hydrogens is 330 g/mol. The summed E-state index contributed by atoms with van der Waals surface area (Å²) in [5, 5.41) is 4.57. The molecule has 4 rings (SSSR count). The Balaban J connectivity index is 1.67. The number of nitrogens with zero attached hydrogens (tertiary/aromatic N) is 5. The fourth-order valence-electron chi connectivity index (χ4n) is 3.27. The summed E-state index contributed by atoms with van der Waals surface area (Å²) in [4.78, 5) is 31.5. The van der Waals surface area contributed by atoms with Crippen molar-refractivity contribution in [2.45, 2.75) is 19.5 Å². The molecule has 1 amide bonds. The number of pyridine rings is 1. The van der Waals surface area contributed by atoms with Gasteiger partial charge < -0.3 is 9.47 Å². The van der Waals surface area contributed by atoms with Crippen molar-refractivity contribution in [3.63, 3.8) is 0 Å². The average Bonchev–Trinajstić information content (AvgIpc) is 3.10. The molecule has 3 heterocycles. The Kier molecular flexibility index (Phi) is 3.91. The van der Waals surface area contributed by atoms with E-state index in [4.69, 9.17) is 0 Å². The maximum atomic E-state index is 12.9. The van der Waals surface area contributed by atoms with E-state index in [1.165, 1.54) is 4.57 Å². The van der Waals surface area contributed by atoms with Crippen LogP contribution in [0.4, 0.5) is 0 Å². The zero-order valence-corrected chi connectivity index (χ0v) is 14.7. The van der Waals surface area contributed by atoms with Crippen molar-refractivity contribution in [2.75, 3.05) is 6.54 Å². The van der Waals surface area contributed by atoms with Gasteiger partial charge in [0.05, 0.1) is 12.6 Å². The summed E-state index contributed by atoms with van der Waals surface area (Å²) in [5.41, 5.74) is 0.830. The van der Waals surface area contributed by atoms with Crippen LogP contribution in [0, 0.1) is 0 Å². The molecule has 1 atom stereocenters. The maximum Gasteiger partial charge on any atom is 0.263 e. The first-order valence-corrected chi connectivity index (χ1v) is 8.53. The Morgan fingerprint density at radius 2 is 1.88 bits per heavy atom. The molecule has 2 aromatic heterocycles. The van der Waals surface area contributed by atoms with E-state index in [9.17, 15) is 9.59 Å². The minimum atomic E-state index is -0.290. The van der Waals surface area contributed by atoms with Crippen LogP contribution in [-0.2, 0) is 13.6 Å². The number of aromatic nitrogens is 4. The van der Waals surface area contributed by atoms with Crippen molar-refractivity contribution in [3.8, 4) is 11.4 Å². The first-order valence-electron chi connectivity index (χ1n) is 8.53. The molecule has 26 heavy (non-hydrogen) atoms. The third-order valence-electron chi connectivity index (χ3n) is 4.74. The lowest BCUT2D eigenvalue weighted by molar-refractivity contribution is 0.0628. The molecule has 0 spiro atoms. The highest BCUT2D eigenvalue weighted by molar-refractivity contribution is 5.94. The average molecular weight is 349 g/mol. The van der Waals surface area contributed by atoms with Crippen molar-refractivity contribution in [2.24, 2.45) is 7.05 Å². The molecule has 3 aromatic rings. The largest absolute Gasteiger partial charge is 0.327 e. The second kappa shape index (κ2) is 6.25. The Bertz CT molecular complexity index is 1020. The van der Waals surface area contributed by atoms with Gasteiger partial charge in [-0.25, -0.2) is 9.67 Å². The molecular formula is C19H19N5O2. The number of benzene rings is 1. The normalized spacial score (nSPS) is 16.4. The van der Waals surface area contributed by atoms with Crippen LogP contribution < -0.4 is 5.56 Å². The van der Waals surface area contributed by atoms with Crippen LogP contribution in [0.2, 0.25) is 0 Å². The highest BCUT2D eigenvalue weighted by Crippen LogP contribution is 2.27. The standard InChI is InChI=1S/C19H19N5O2/c1-13-17-20-16(14-7-4-3-5-8-14)21-24(17)12-11-23(13)19(26)15-9-6-10-22(2)18(15)25/h3-10,13H,11-12H2,1-2H3/t13-/m0/s1. The quantitative estimate of drug-likeness (QED) is 0.708. The van der Waals surface area contributed by atoms with Gasteiger partial charge in [-0.2, -0.15) is 5.10 Å². The highest BCUT2D eigenvalue weighted by Gasteiger charge is 2.32. The summed E-state index contributed by atoms with van der Waals surface area (Å²) < 4.78 is 3.26. The van der Waals surface area contributed by atoms with Gasteiger partial charge in [0.2, 0.25) is 0 Å². The Hall–Kier alpha value is -3.22. The van der Waals surface area contributed by atoms with Crippen LogP contribution in [0.15, 0.2) is 53.5 Å². The van der Waals surface area contributed by atoms with E-state index >= 15 is 0 Å². The minimum Gasteiger partial charge on any atom is -0.327 e. The zero-order valence-electron chi connectivity index (χ0n) is 14.7. The summed E-state index contributed by atoms with van der Waals surface area (Å²) in [6.45, 7) is 2.96. The molecule has 1 aliphatic rings. The van der Waals surface area contributed by atoms with Crippen molar-refractivity contribution in [1.82, 2.24) is 24.2 Å². The summed E-state index contributed by atoms with van der Waals surface area (Å²) in [6.07, 6.45) is 1.64. The van der Waals surface area contributed by atoms with Gasteiger partial charge in [-0.3, -0.25) is 9.59 Å². The molecule has 0 unspecified atom stereocenters. The van der Waals surface area contributed by atoms with Crippen LogP contribution in [-0.4, -0.2) is 36.7 Å². The summed E-state index contributed by atoms with van der Waals surface area (Å²) in [5.74, 6) is 1.11. The summed E-state index contributed by atoms with van der Waals surface area (Å²) >= 11 is 0. The molecule has 0 N–H and O–H groups in total. The van der Waals surface area contributed by atoms with Crippen molar-refractivity contribution < 1.29 is 4.79 Å². The number of hydrogen-bond donors (Lipinski definition) is 0. The van der Waals surface area contributed by atoms with Crippen molar-refractivity contribution in [3.05, 3.63) is 70.4 Å². The topological polar surface area (TPSA) is 73.0 Å². The lowest BCUT2D eigenvalue weighted by Gasteiger charge is -2.32. The van der Waals surface area contributed by atoms with E-state index in [2.05, 4.69) is 10.1 Å². The molecule has 0 bridgehead atoms. The summed E-state index contributed by atoms with van der Waals surface area (Å²) in [7, 11) is 1.64. The first kappa shape index (κ1) is 16.3. The Morgan fingerprint density at radius 3 is 2.65 bits per heavy atom. The molecule has 0 aliphatic carbocycles. The van der Waals surface area contributed by atoms with E-state index < -0.39 is 0 Å². The fraction of sp³-hybridized carbons (Fsp3) is 0.263. The molecule has 1 aromatic carbocycles. The van der Waals surface area contributed by atoms with Gasteiger partial charge in [0.25, 0.3) is 11.5 Å². The number of fused-ring (bicyclic) bond motifs is 1. The van der Waals surface area contributed by atoms with E-state index in [1.807, 2.05) is 41.9 Å². The zero-order chi connectivity index (χ0) is 18.3. The van der Waals surface area contributed by atoms with Gasteiger partial charge in [-0.15, -0.1) is 0 Å². The van der Waals surface area contributed by atoms with Gasteiger partial charge in [0.15, 0.2) is 5.82 Å². The number of rotatable bonds is 2. The van der Waals surface area contributed by atoms with Gasteiger partial charge in [0, 0.05) is 25.4 Å². The molecule has 7 heteroatoms. The van der Waals surface area contributed by atoms with E-state index in [1.54, 1.807) is 30.3 Å². The Morgan fingerprint density at radius 1 is 1.12 bits per heavy atom. The molecule has 7 nitrogen and oxygen atoms in total. The predicted molar refractivity (Wildman–Crippen MR) is 96.6 cm³/mol. The third kappa shape index (κ3) is 2.61. The van der Waals surface area contributed by atoms with Crippen molar-refractivity contribution in [1.29, 1.82) is 0 Å². The first-order chi connectivity index (χ1) is 12.6. The van der Waals surface area contributed by atoms with E-state index in [-0.39, 0.29) is 23.1 Å². The van der Waals surface area contributed by atoms with Crippen LogP contribution in [0.3, 0.4) is 0 Å². The second-order valence-electron chi connectivity index (χ2n) is 6.40. The number of hydrogen-bond acceptors (Lipinski definition) is 4.